The molecular formula is C25H24FN3O3S. The fourth-order valence-corrected chi connectivity index (χ4v) is 4.38. The van der Waals surface area contributed by atoms with Crippen LogP contribution in [0.1, 0.15) is 11.1 Å². The number of thioether (sulfide) groups is 1. The van der Waals surface area contributed by atoms with Gasteiger partial charge in [-0.05, 0) is 42.8 Å². The Morgan fingerprint density at radius 2 is 1.55 bits per heavy atom. The quantitative estimate of drug-likeness (QED) is 0.311. The van der Waals surface area contributed by atoms with E-state index in [0.717, 1.165) is 16.8 Å². The first-order valence-corrected chi connectivity index (χ1v) is 11.2. The van der Waals surface area contributed by atoms with Crippen molar-refractivity contribution in [2.45, 2.75) is 17.8 Å². The van der Waals surface area contributed by atoms with Gasteiger partial charge in [0.25, 0.3) is 0 Å². The summed E-state index contributed by atoms with van der Waals surface area (Å²) in [5.74, 6) is 2.33. The Labute approximate surface area is 196 Å². The van der Waals surface area contributed by atoms with Gasteiger partial charge in [-0.15, -0.1) is 10.2 Å². The van der Waals surface area contributed by atoms with E-state index in [9.17, 15) is 4.39 Å². The van der Waals surface area contributed by atoms with Crippen molar-refractivity contribution in [1.29, 1.82) is 0 Å². The molecule has 0 amide bonds. The molecule has 33 heavy (non-hydrogen) atoms. The molecule has 0 aliphatic heterocycles. The molecule has 4 rings (SSSR count). The summed E-state index contributed by atoms with van der Waals surface area (Å²) in [6.45, 7) is 2.03. The van der Waals surface area contributed by atoms with Gasteiger partial charge in [-0.3, -0.25) is 4.57 Å². The molecule has 0 saturated carbocycles. The highest BCUT2D eigenvalue weighted by Gasteiger charge is 2.21. The SMILES string of the molecule is COc1cc(-c2nnc(SCc3ccccc3F)n2-c2ccc(C)cc2)cc(OC)c1OC. The van der Waals surface area contributed by atoms with Crippen molar-refractivity contribution in [2.24, 2.45) is 0 Å². The molecule has 1 aromatic heterocycles. The lowest BCUT2D eigenvalue weighted by Crippen LogP contribution is -2.01. The van der Waals surface area contributed by atoms with Crippen molar-refractivity contribution in [3.8, 4) is 34.3 Å². The molecule has 3 aromatic carbocycles. The van der Waals surface area contributed by atoms with E-state index in [4.69, 9.17) is 14.2 Å². The third kappa shape index (κ3) is 4.66. The molecule has 0 atom stereocenters. The van der Waals surface area contributed by atoms with E-state index in [2.05, 4.69) is 10.2 Å². The van der Waals surface area contributed by atoms with E-state index in [1.54, 1.807) is 33.5 Å². The van der Waals surface area contributed by atoms with Crippen LogP contribution in [0.3, 0.4) is 0 Å². The zero-order valence-electron chi connectivity index (χ0n) is 18.8. The molecule has 0 N–H and O–H groups in total. The number of benzene rings is 3. The smallest absolute Gasteiger partial charge is 0.203 e. The second-order valence-corrected chi connectivity index (χ2v) is 8.21. The Kier molecular flexibility index (Phi) is 6.84. The van der Waals surface area contributed by atoms with Gasteiger partial charge in [-0.2, -0.15) is 0 Å². The molecule has 0 unspecified atom stereocenters. The van der Waals surface area contributed by atoms with E-state index in [1.807, 2.05) is 54.0 Å². The first-order valence-electron chi connectivity index (χ1n) is 10.2. The van der Waals surface area contributed by atoms with Crippen LogP contribution < -0.4 is 14.2 Å². The Bertz CT molecular complexity index is 1230. The highest BCUT2D eigenvalue weighted by atomic mass is 32.2. The van der Waals surface area contributed by atoms with Gasteiger partial charge in [-0.25, -0.2) is 4.39 Å². The molecule has 0 fully saturated rings. The third-order valence-electron chi connectivity index (χ3n) is 5.16. The van der Waals surface area contributed by atoms with Gasteiger partial charge in [0, 0.05) is 17.0 Å². The lowest BCUT2D eigenvalue weighted by molar-refractivity contribution is 0.324. The Balaban J connectivity index is 1.82. The fourth-order valence-electron chi connectivity index (χ4n) is 3.44. The van der Waals surface area contributed by atoms with Gasteiger partial charge >= 0.3 is 0 Å². The lowest BCUT2D eigenvalue weighted by atomic mass is 10.1. The van der Waals surface area contributed by atoms with Crippen LogP contribution in [0, 0.1) is 12.7 Å². The topological polar surface area (TPSA) is 58.4 Å². The van der Waals surface area contributed by atoms with E-state index in [1.165, 1.54) is 17.8 Å². The van der Waals surface area contributed by atoms with E-state index in [0.29, 0.717) is 39.5 Å². The minimum absolute atomic E-state index is 0.240. The summed E-state index contributed by atoms with van der Waals surface area (Å²) in [5.41, 5.74) is 3.39. The average Bonchev–Trinajstić information content (AvgIpc) is 3.27. The molecule has 0 saturated heterocycles. The predicted octanol–water partition coefficient (Wildman–Crippen LogP) is 5.70. The van der Waals surface area contributed by atoms with Crippen LogP contribution in [0.5, 0.6) is 17.2 Å². The first kappa shape index (κ1) is 22.7. The van der Waals surface area contributed by atoms with Crippen molar-refractivity contribution in [1.82, 2.24) is 14.8 Å². The maximum atomic E-state index is 14.2. The number of nitrogens with zero attached hydrogens (tertiary/aromatic N) is 3. The monoisotopic (exact) mass is 465 g/mol. The molecule has 0 aliphatic rings. The molecule has 0 radical (unpaired) electrons. The lowest BCUT2D eigenvalue weighted by Gasteiger charge is -2.15. The average molecular weight is 466 g/mol. The Morgan fingerprint density at radius 3 is 2.15 bits per heavy atom. The number of aryl methyl sites for hydroxylation is 1. The normalized spacial score (nSPS) is 10.8. The van der Waals surface area contributed by atoms with Crippen LogP contribution >= 0.6 is 11.8 Å². The number of halogens is 1. The number of hydrogen-bond donors (Lipinski definition) is 0. The maximum absolute atomic E-state index is 14.2. The van der Waals surface area contributed by atoms with Gasteiger partial charge in [0.1, 0.15) is 5.82 Å². The number of methoxy groups -OCH3 is 3. The number of rotatable bonds is 8. The summed E-state index contributed by atoms with van der Waals surface area (Å²) >= 11 is 1.42. The van der Waals surface area contributed by atoms with Crippen LogP contribution in [0.4, 0.5) is 4.39 Å². The molecule has 170 valence electrons. The number of aromatic nitrogens is 3. The highest BCUT2D eigenvalue weighted by Crippen LogP contribution is 2.42. The molecule has 0 bridgehead atoms. The van der Waals surface area contributed by atoms with Crippen molar-refractivity contribution >= 4 is 11.8 Å². The van der Waals surface area contributed by atoms with Crippen molar-refractivity contribution < 1.29 is 18.6 Å². The van der Waals surface area contributed by atoms with Crippen molar-refractivity contribution in [2.75, 3.05) is 21.3 Å². The standard InChI is InChI=1S/C25H24FN3O3S/c1-16-9-11-19(12-10-16)29-24(18-13-21(30-2)23(32-4)22(14-18)31-3)27-28-25(29)33-15-17-7-5-6-8-20(17)26/h5-14H,15H2,1-4H3. The molecule has 8 heteroatoms. The predicted molar refractivity (Wildman–Crippen MR) is 127 cm³/mol. The van der Waals surface area contributed by atoms with Crippen molar-refractivity contribution in [3.63, 3.8) is 0 Å². The van der Waals surface area contributed by atoms with Crippen LogP contribution in [0.2, 0.25) is 0 Å². The van der Waals surface area contributed by atoms with Crippen LogP contribution in [-0.2, 0) is 5.75 Å². The molecule has 0 aliphatic carbocycles. The Morgan fingerprint density at radius 1 is 0.879 bits per heavy atom. The summed E-state index contributed by atoms with van der Waals surface area (Å²) in [6.07, 6.45) is 0. The summed E-state index contributed by atoms with van der Waals surface area (Å²) in [4.78, 5) is 0. The van der Waals surface area contributed by atoms with Gasteiger partial charge in [-0.1, -0.05) is 47.7 Å². The first-order chi connectivity index (χ1) is 16.0. The summed E-state index contributed by atoms with van der Waals surface area (Å²) in [7, 11) is 4.70. The van der Waals surface area contributed by atoms with Crippen LogP contribution in [0.25, 0.3) is 17.1 Å². The largest absolute Gasteiger partial charge is 0.493 e. The van der Waals surface area contributed by atoms with Gasteiger partial charge in [0.05, 0.1) is 21.3 Å². The summed E-state index contributed by atoms with van der Waals surface area (Å²) in [6, 6.07) is 18.5. The minimum atomic E-state index is -0.240. The zero-order chi connectivity index (χ0) is 23.4. The van der Waals surface area contributed by atoms with Gasteiger partial charge in [0.2, 0.25) is 5.75 Å². The molecule has 6 nitrogen and oxygen atoms in total. The number of ether oxygens (including phenoxy) is 3. The van der Waals surface area contributed by atoms with Crippen LogP contribution in [-0.4, -0.2) is 36.1 Å². The molecule has 1 heterocycles. The minimum Gasteiger partial charge on any atom is -0.493 e. The summed E-state index contributed by atoms with van der Waals surface area (Å²) < 4.78 is 32.6. The summed E-state index contributed by atoms with van der Waals surface area (Å²) in [5, 5.41) is 9.55. The molecule has 0 spiro atoms. The van der Waals surface area contributed by atoms with Gasteiger partial charge in [0.15, 0.2) is 22.5 Å². The molecule has 4 aromatic rings. The molecular weight excluding hydrogens is 441 g/mol. The fraction of sp³-hybridized carbons (Fsp3) is 0.200. The van der Waals surface area contributed by atoms with E-state index < -0.39 is 0 Å². The van der Waals surface area contributed by atoms with E-state index in [-0.39, 0.29) is 5.82 Å². The van der Waals surface area contributed by atoms with E-state index >= 15 is 0 Å². The van der Waals surface area contributed by atoms with Crippen LogP contribution in [0.15, 0.2) is 65.8 Å². The van der Waals surface area contributed by atoms with Crippen molar-refractivity contribution in [3.05, 3.63) is 77.6 Å². The second-order valence-electron chi connectivity index (χ2n) is 7.27. The second kappa shape index (κ2) is 9.95. The Hall–Kier alpha value is -3.52. The highest BCUT2D eigenvalue weighted by molar-refractivity contribution is 7.98. The zero-order valence-corrected chi connectivity index (χ0v) is 19.6. The number of hydrogen-bond acceptors (Lipinski definition) is 6. The van der Waals surface area contributed by atoms with Gasteiger partial charge < -0.3 is 14.2 Å². The third-order valence-corrected chi connectivity index (χ3v) is 6.14. The maximum Gasteiger partial charge on any atom is 0.203 e.